The lowest BCUT2D eigenvalue weighted by Gasteiger charge is -2.49. The Morgan fingerprint density at radius 3 is 2.47 bits per heavy atom. The third kappa shape index (κ3) is 1.85. The zero-order chi connectivity index (χ0) is 11.9. The third-order valence-electron chi connectivity index (χ3n) is 4.51. The van der Waals surface area contributed by atoms with Gasteiger partial charge in [0.2, 0.25) is 0 Å². The van der Waals surface area contributed by atoms with Gasteiger partial charge in [0.1, 0.15) is 0 Å². The van der Waals surface area contributed by atoms with Crippen molar-refractivity contribution in [1.29, 1.82) is 0 Å². The number of ether oxygens (including phenoxy) is 1. The van der Waals surface area contributed by atoms with Crippen molar-refractivity contribution < 1.29 is 9.84 Å². The molecule has 2 fully saturated rings. The van der Waals surface area contributed by atoms with Gasteiger partial charge >= 0.3 is 0 Å². The summed E-state index contributed by atoms with van der Waals surface area (Å²) in [4.78, 5) is 1.53. The first-order valence-electron chi connectivity index (χ1n) is 6.53. The fourth-order valence-electron chi connectivity index (χ4n) is 3.39. The van der Waals surface area contributed by atoms with Crippen LogP contribution in [0, 0.1) is 12.8 Å². The van der Waals surface area contributed by atoms with E-state index < -0.39 is 0 Å². The number of aliphatic hydroxyl groups excluding tert-OH is 1. The molecule has 2 aliphatic rings. The molecule has 17 heavy (non-hydrogen) atoms. The fraction of sp³-hybridized carbons (Fsp3) is 0.714. The number of hydrogen-bond acceptors (Lipinski definition) is 3. The van der Waals surface area contributed by atoms with Crippen LogP contribution < -0.4 is 0 Å². The van der Waals surface area contributed by atoms with E-state index in [1.165, 1.54) is 10.4 Å². The molecule has 0 spiro atoms. The highest BCUT2D eigenvalue weighted by molar-refractivity contribution is 7.10. The van der Waals surface area contributed by atoms with Gasteiger partial charge in [-0.25, -0.2) is 0 Å². The summed E-state index contributed by atoms with van der Waals surface area (Å²) in [6.07, 6.45) is 4.19. The van der Waals surface area contributed by atoms with Crippen LogP contribution in [0.25, 0.3) is 0 Å². The molecule has 0 unspecified atom stereocenters. The summed E-state index contributed by atoms with van der Waals surface area (Å²) >= 11 is 1.88. The van der Waals surface area contributed by atoms with Crippen LogP contribution in [0.2, 0.25) is 0 Å². The van der Waals surface area contributed by atoms with Crippen LogP contribution in [-0.4, -0.2) is 24.4 Å². The van der Waals surface area contributed by atoms with Crippen LogP contribution in [-0.2, 0) is 10.2 Å². The molecule has 1 saturated heterocycles. The highest BCUT2D eigenvalue weighted by Crippen LogP contribution is 2.48. The topological polar surface area (TPSA) is 29.5 Å². The molecule has 1 aliphatic carbocycles. The van der Waals surface area contributed by atoms with E-state index in [9.17, 15) is 5.11 Å². The lowest BCUT2D eigenvalue weighted by atomic mass is 9.65. The molecule has 3 rings (SSSR count). The Bertz CT molecular complexity index is 387. The summed E-state index contributed by atoms with van der Waals surface area (Å²) in [5.74, 6) is 0.706. The Hall–Kier alpha value is -0.380. The maximum absolute atomic E-state index is 9.64. The molecular formula is C14H20O2S. The van der Waals surface area contributed by atoms with E-state index in [-0.39, 0.29) is 11.5 Å². The van der Waals surface area contributed by atoms with Gasteiger partial charge in [0, 0.05) is 4.88 Å². The molecule has 1 aromatic heterocycles. The van der Waals surface area contributed by atoms with E-state index in [1.54, 1.807) is 0 Å². The van der Waals surface area contributed by atoms with Crippen molar-refractivity contribution in [3.8, 4) is 0 Å². The normalized spacial score (nSPS) is 32.1. The predicted octanol–water partition coefficient (Wildman–Crippen LogP) is 2.88. The largest absolute Gasteiger partial charge is 0.393 e. The summed E-state index contributed by atoms with van der Waals surface area (Å²) in [6.45, 7) is 3.98. The van der Waals surface area contributed by atoms with Crippen LogP contribution in [0.3, 0.4) is 0 Å². The summed E-state index contributed by atoms with van der Waals surface area (Å²) in [5, 5.41) is 11.8. The first kappa shape index (κ1) is 11.7. The lowest BCUT2D eigenvalue weighted by Crippen LogP contribution is -2.53. The van der Waals surface area contributed by atoms with Crippen LogP contribution in [0.5, 0.6) is 0 Å². The Morgan fingerprint density at radius 1 is 1.29 bits per heavy atom. The quantitative estimate of drug-likeness (QED) is 0.877. The first-order chi connectivity index (χ1) is 8.22. The molecule has 0 bridgehead atoms. The minimum Gasteiger partial charge on any atom is -0.393 e. The number of rotatable bonds is 2. The summed E-state index contributed by atoms with van der Waals surface area (Å²) in [6, 6.07) is 2.22. The average Bonchev–Trinajstić information content (AvgIpc) is 2.67. The van der Waals surface area contributed by atoms with E-state index in [1.807, 2.05) is 11.3 Å². The molecule has 94 valence electrons. The first-order valence-corrected chi connectivity index (χ1v) is 7.41. The molecule has 1 aliphatic heterocycles. The summed E-state index contributed by atoms with van der Waals surface area (Å²) in [7, 11) is 0. The van der Waals surface area contributed by atoms with Gasteiger partial charge in [-0.15, -0.1) is 11.3 Å². The van der Waals surface area contributed by atoms with Crippen LogP contribution >= 0.6 is 11.3 Å². The van der Waals surface area contributed by atoms with E-state index in [0.717, 1.165) is 38.9 Å². The molecule has 0 amide bonds. The van der Waals surface area contributed by atoms with Crippen molar-refractivity contribution in [2.75, 3.05) is 13.2 Å². The zero-order valence-electron chi connectivity index (χ0n) is 10.3. The van der Waals surface area contributed by atoms with Crippen molar-refractivity contribution in [3.05, 3.63) is 21.9 Å². The molecule has 0 atom stereocenters. The molecule has 1 N–H and O–H groups in total. The summed E-state index contributed by atoms with van der Waals surface area (Å²) < 4.78 is 5.54. The number of thiophene rings is 1. The van der Waals surface area contributed by atoms with Crippen molar-refractivity contribution >= 4 is 11.3 Å². The second-order valence-corrected chi connectivity index (χ2v) is 6.50. The Kier molecular flexibility index (Phi) is 3.01. The molecule has 0 radical (unpaired) electrons. The molecule has 1 saturated carbocycles. The number of aryl methyl sites for hydroxylation is 1. The van der Waals surface area contributed by atoms with Gasteiger partial charge in [0.05, 0.1) is 24.7 Å². The van der Waals surface area contributed by atoms with Gasteiger partial charge in [-0.1, -0.05) is 0 Å². The standard InChI is InChI=1S/C14H20O2S/c1-10-6-7-17-13(10)14(8-16-9-14)11-2-4-12(15)5-3-11/h6-7,11-12,15H,2-5,8-9H2,1H3. The van der Waals surface area contributed by atoms with Gasteiger partial charge in [0.15, 0.2) is 0 Å². The molecule has 3 heteroatoms. The average molecular weight is 252 g/mol. The van der Waals surface area contributed by atoms with Crippen LogP contribution in [0.1, 0.15) is 36.1 Å². The summed E-state index contributed by atoms with van der Waals surface area (Å²) in [5.41, 5.74) is 1.70. The predicted molar refractivity (Wildman–Crippen MR) is 69.5 cm³/mol. The monoisotopic (exact) mass is 252 g/mol. The lowest BCUT2D eigenvalue weighted by molar-refractivity contribution is -0.102. The van der Waals surface area contributed by atoms with Crippen LogP contribution in [0.4, 0.5) is 0 Å². The number of aliphatic hydroxyl groups is 1. The minimum absolute atomic E-state index is 0.0614. The Morgan fingerprint density at radius 2 is 2.00 bits per heavy atom. The van der Waals surface area contributed by atoms with E-state index in [0.29, 0.717) is 5.92 Å². The maximum atomic E-state index is 9.64. The smallest absolute Gasteiger partial charge is 0.0596 e. The molecular weight excluding hydrogens is 232 g/mol. The van der Waals surface area contributed by atoms with Gasteiger partial charge in [-0.3, -0.25) is 0 Å². The number of hydrogen-bond donors (Lipinski definition) is 1. The molecule has 0 aromatic carbocycles. The zero-order valence-corrected chi connectivity index (χ0v) is 11.1. The third-order valence-corrected chi connectivity index (χ3v) is 5.75. The van der Waals surface area contributed by atoms with Crippen molar-refractivity contribution in [1.82, 2.24) is 0 Å². The van der Waals surface area contributed by atoms with Crippen molar-refractivity contribution in [2.24, 2.45) is 5.92 Å². The minimum atomic E-state index is -0.0614. The second kappa shape index (κ2) is 4.38. The maximum Gasteiger partial charge on any atom is 0.0596 e. The van der Waals surface area contributed by atoms with Gasteiger partial charge < -0.3 is 9.84 Å². The van der Waals surface area contributed by atoms with Gasteiger partial charge in [-0.2, -0.15) is 0 Å². The second-order valence-electron chi connectivity index (χ2n) is 5.59. The Labute approximate surface area is 107 Å². The van der Waals surface area contributed by atoms with Crippen molar-refractivity contribution in [2.45, 2.75) is 44.1 Å². The molecule has 2 heterocycles. The molecule has 2 nitrogen and oxygen atoms in total. The fourth-order valence-corrected chi connectivity index (χ4v) is 4.57. The van der Waals surface area contributed by atoms with Crippen LogP contribution in [0.15, 0.2) is 11.4 Å². The van der Waals surface area contributed by atoms with E-state index in [2.05, 4.69) is 18.4 Å². The van der Waals surface area contributed by atoms with E-state index >= 15 is 0 Å². The van der Waals surface area contributed by atoms with Crippen molar-refractivity contribution in [3.63, 3.8) is 0 Å². The molecule has 1 aromatic rings. The van der Waals surface area contributed by atoms with Gasteiger partial charge in [-0.05, 0) is 55.5 Å². The highest BCUT2D eigenvalue weighted by atomic mass is 32.1. The van der Waals surface area contributed by atoms with Gasteiger partial charge in [0.25, 0.3) is 0 Å². The van der Waals surface area contributed by atoms with E-state index in [4.69, 9.17) is 4.74 Å². The Balaban J connectivity index is 1.85. The highest BCUT2D eigenvalue weighted by Gasteiger charge is 2.49. The SMILES string of the molecule is Cc1ccsc1C1(C2CCC(O)CC2)COC1.